The Labute approximate surface area is 369 Å². The van der Waals surface area contributed by atoms with Gasteiger partial charge in [-0.3, -0.25) is 9.13 Å². The molecule has 0 saturated heterocycles. The van der Waals surface area contributed by atoms with E-state index in [1.165, 1.54) is 56.6 Å². The molecule has 6 aliphatic rings. The van der Waals surface area contributed by atoms with E-state index < -0.39 is 62.7 Å². The largest absolute Gasteiger partial charge is 0.496 e. The van der Waals surface area contributed by atoms with E-state index >= 15 is 13.2 Å². The average molecular weight is 936 g/mol. The Morgan fingerprint density at radius 2 is 1.29 bits per heavy atom. The molecule has 3 aromatic carbocycles. The number of fused-ring (bicyclic) bond motifs is 4. The standard InChI is InChI=1S/C42H29F6N9O8S/c1-60-16-7-8-17(61-2)24-23(16)32-49-36-25-18(62-3)9-11-20(64-5)27(25)38-51-34-29-22(13-15(40(58)59)41(43,44)45)66-31(42(46,47)48)30(29)35-52-39-28-21(65-6)12-10-19(63-4)26(28)37(57(39)53-56(36)38)50-33(24)54(32)14-55(34)35/h7-13,36,53H,14H2,1-6H3/p+2. The van der Waals surface area contributed by atoms with Gasteiger partial charge in [0.25, 0.3) is 17.1 Å². The fourth-order valence-electron chi connectivity index (χ4n) is 9.27. The summed E-state index contributed by atoms with van der Waals surface area (Å²) >= 11 is -0.0691. The quantitative estimate of drug-likeness (QED) is 0.0979. The minimum absolute atomic E-state index is 0.0143. The van der Waals surface area contributed by atoms with Crippen molar-refractivity contribution in [1.29, 1.82) is 0 Å². The molecule has 6 aromatic rings. The van der Waals surface area contributed by atoms with Crippen molar-refractivity contribution in [2.24, 2.45) is 15.0 Å². The smallest absolute Gasteiger partial charge is 0.426 e. The van der Waals surface area contributed by atoms with Gasteiger partial charge in [-0.05, 0) is 57.1 Å². The number of hydrogen-bond acceptors (Lipinski definition) is 13. The van der Waals surface area contributed by atoms with E-state index in [0.717, 1.165) is 0 Å². The number of nitrogens with zero attached hydrogens (tertiary/aromatic N) is 7. The third-order valence-corrected chi connectivity index (χ3v) is 13.1. The van der Waals surface area contributed by atoms with E-state index in [2.05, 4.69) is 10.9 Å². The van der Waals surface area contributed by atoms with Crippen molar-refractivity contribution >= 4 is 74.1 Å². The van der Waals surface area contributed by atoms with Gasteiger partial charge in [0.2, 0.25) is 6.17 Å². The van der Waals surface area contributed by atoms with Crippen LogP contribution in [-0.4, -0.2) is 95.9 Å². The van der Waals surface area contributed by atoms with Crippen molar-refractivity contribution in [2.75, 3.05) is 48.0 Å². The van der Waals surface area contributed by atoms with Crippen LogP contribution in [0.1, 0.15) is 38.2 Å². The number of alkyl halides is 6. The SMILES string of the molecule is COc1ccc(OC)c2c1C1=Nc3c4c(OC)ccc(OC)c4c4n3Cn3c5c6c(C=C(C(=O)O)C(F)(F)F)sc(C(F)(F)F)c6c3=NC2=[N+]1N[N+]1=C(N=5)c2c(OC)ccc(OC)c2C1N4. The van der Waals surface area contributed by atoms with Gasteiger partial charge in [-0.1, -0.05) is 5.53 Å². The number of thiophene rings is 1. The summed E-state index contributed by atoms with van der Waals surface area (Å²) in [7, 11) is 8.59. The molecule has 24 heteroatoms. The van der Waals surface area contributed by atoms with Crippen LogP contribution in [0.2, 0.25) is 0 Å². The topological polar surface area (TPSA) is 170 Å². The fourth-order valence-corrected chi connectivity index (χ4v) is 10.4. The highest BCUT2D eigenvalue weighted by molar-refractivity contribution is 7.14. The first kappa shape index (κ1) is 41.0. The average Bonchev–Trinajstić information content (AvgIpc) is 4.04. The molecule has 1 unspecified atom stereocenters. The molecule has 6 aliphatic heterocycles. The number of nitrogens with one attached hydrogen (secondary N) is 2. The minimum Gasteiger partial charge on any atom is -0.496 e. The van der Waals surface area contributed by atoms with Crippen LogP contribution in [0, 0.1) is 0 Å². The highest BCUT2D eigenvalue weighted by atomic mass is 32.1. The third-order valence-electron chi connectivity index (χ3n) is 11.9. The molecular weight excluding hydrogens is 905 g/mol. The van der Waals surface area contributed by atoms with Crippen LogP contribution >= 0.6 is 11.3 Å². The number of halogens is 6. The first-order valence-electron chi connectivity index (χ1n) is 19.5. The van der Waals surface area contributed by atoms with Gasteiger partial charge in [-0.25, -0.2) is 4.79 Å². The van der Waals surface area contributed by atoms with Gasteiger partial charge in [-0.2, -0.15) is 31.3 Å². The number of hydrazine groups is 2. The lowest BCUT2D eigenvalue weighted by Crippen LogP contribution is -2.48. The summed E-state index contributed by atoms with van der Waals surface area (Å²) in [5.41, 5.74) is 1.74. The van der Waals surface area contributed by atoms with Gasteiger partial charge < -0.3 is 38.8 Å². The number of hydrogen-bond donors (Lipinski definition) is 3. The molecule has 12 bridgehead atoms. The molecule has 9 heterocycles. The molecule has 0 aliphatic carbocycles. The first-order valence-corrected chi connectivity index (χ1v) is 20.3. The van der Waals surface area contributed by atoms with E-state index in [-0.39, 0.29) is 74.6 Å². The van der Waals surface area contributed by atoms with Gasteiger partial charge in [0.05, 0.1) is 64.6 Å². The predicted molar refractivity (Wildman–Crippen MR) is 223 cm³/mol. The second-order valence-electron chi connectivity index (χ2n) is 15.1. The maximum Gasteiger partial charge on any atom is 0.426 e. The number of ether oxygens (including phenoxy) is 6. The lowest BCUT2D eigenvalue weighted by Gasteiger charge is -2.23. The van der Waals surface area contributed by atoms with Crippen molar-refractivity contribution in [1.82, 2.24) is 14.7 Å². The van der Waals surface area contributed by atoms with Gasteiger partial charge in [0.1, 0.15) is 73.9 Å². The third kappa shape index (κ3) is 5.34. The molecule has 0 saturated carbocycles. The number of hydrazone groups is 2. The van der Waals surface area contributed by atoms with E-state index in [4.69, 9.17) is 43.4 Å². The highest BCUT2D eigenvalue weighted by Crippen LogP contribution is 2.51. The molecule has 12 rings (SSSR count). The Morgan fingerprint density at radius 3 is 1.89 bits per heavy atom. The molecule has 17 nitrogen and oxygen atoms in total. The second-order valence-corrected chi connectivity index (χ2v) is 16.1. The summed E-state index contributed by atoms with van der Waals surface area (Å²) < 4.78 is 132. The molecule has 1 atom stereocenters. The Kier molecular flexibility index (Phi) is 8.61. The number of benzene rings is 3. The number of rotatable bonds is 8. The van der Waals surface area contributed by atoms with E-state index in [1.807, 2.05) is 0 Å². The zero-order chi connectivity index (χ0) is 46.5. The summed E-state index contributed by atoms with van der Waals surface area (Å²) in [6, 6.07) is 9.82. The molecule has 0 spiro atoms. The minimum atomic E-state index is -5.49. The van der Waals surface area contributed by atoms with Crippen LogP contribution < -0.4 is 50.2 Å². The summed E-state index contributed by atoms with van der Waals surface area (Å²) in [5, 5.41) is 13.2. The van der Waals surface area contributed by atoms with Crippen molar-refractivity contribution < 1.29 is 74.0 Å². The molecule has 3 aromatic heterocycles. The fraction of sp³-hybridized carbons (Fsp3) is 0.238. The van der Waals surface area contributed by atoms with Gasteiger partial charge in [0.15, 0.2) is 5.49 Å². The van der Waals surface area contributed by atoms with Gasteiger partial charge >= 0.3 is 30.0 Å². The van der Waals surface area contributed by atoms with Crippen molar-refractivity contribution in [3.63, 3.8) is 0 Å². The van der Waals surface area contributed by atoms with Gasteiger partial charge in [-0.15, -0.1) is 16.0 Å². The number of carboxylic acids is 1. The zero-order valence-corrected chi connectivity index (χ0v) is 35.8. The number of aromatic nitrogens is 2. The van der Waals surface area contributed by atoms with Crippen LogP contribution in [0.25, 0.3) is 27.6 Å². The molecule has 0 amide bonds. The lowest BCUT2D eigenvalue weighted by atomic mass is 10.0. The van der Waals surface area contributed by atoms with Crippen molar-refractivity contribution in [3.8, 4) is 34.5 Å². The van der Waals surface area contributed by atoms with Crippen molar-refractivity contribution in [2.45, 2.75) is 25.2 Å². The van der Waals surface area contributed by atoms with Crippen LogP contribution in [0.3, 0.4) is 0 Å². The van der Waals surface area contributed by atoms with Crippen LogP contribution in [0.5, 0.6) is 34.5 Å². The van der Waals surface area contributed by atoms with E-state index in [1.54, 1.807) is 41.0 Å². The maximum absolute atomic E-state index is 15.7. The number of aliphatic carboxylic acids is 1. The Hall–Kier alpha value is -7.76. The number of aliphatic imine (C=N–C) groups is 1. The van der Waals surface area contributed by atoms with Crippen LogP contribution in [0.4, 0.5) is 38.0 Å². The number of carbonyl (C=O) groups is 1. The van der Waals surface area contributed by atoms with Gasteiger partial charge in [0, 0.05) is 10.3 Å². The van der Waals surface area contributed by atoms with E-state index in [9.17, 15) is 23.1 Å². The highest BCUT2D eigenvalue weighted by Gasteiger charge is 2.52. The molecule has 66 heavy (non-hydrogen) atoms. The molecule has 0 fully saturated rings. The summed E-state index contributed by atoms with van der Waals surface area (Å²) in [6.45, 7) is -0.450. The Bertz CT molecular complexity index is 3510. The number of methoxy groups -OCH3 is 6. The molecule has 3 N–H and O–H groups in total. The van der Waals surface area contributed by atoms with Crippen LogP contribution in [-0.2, 0) is 17.6 Å². The Morgan fingerprint density at radius 1 is 0.727 bits per heavy atom. The monoisotopic (exact) mass is 935 g/mol. The molecule has 338 valence electrons. The van der Waals surface area contributed by atoms with E-state index in [0.29, 0.717) is 45.0 Å². The molecule has 0 radical (unpaired) electrons. The van der Waals surface area contributed by atoms with Crippen molar-refractivity contribution in [3.05, 3.63) is 85.0 Å². The van der Waals surface area contributed by atoms with Crippen LogP contribution in [0.15, 0.2) is 56.9 Å². The lowest BCUT2D eigenvalue weighted by molar-refractivity contribution is -0.786. The normalized spacial score (nSPS) is 16.6. The second kappa shape index (κ2) is 13.9. The number of amidine groups is 3. The molecular formula is C42H31F6N9O8S+2. The Balaban J connectivity index is 1.49. The number of anilines is 1. The summed E-state index contributed by atoms with van der Waals surface area (Å²) in [5.74, 6) is -0.284. The summed E-state index contributed by atoms with van der Waals surface area (Å²) in [6.07, 6.45) is -11.6. The zero-order valence-electron chi connectivity index (χ0n) is 34.9. The first-order chi connectivity index (χ1) is 31.6. The summed E-state index contributed by atoms with van der Waals surface area (Å²) in [4.78, 5) is 25.7. The predicted octanol–water partition coefficient (Wildman–Crippen LogP) is 5.70. The number of carboxylic acid groups (broad SMARTS) is 1. The maximum atomic E-state index is 15.7.